The van der Waals surface area contributed by atoms with Gasteiger partial charge in [0.25, 0.3) is 0 Å². The van der Waals surface area contributed by atoms with Crippen molar-refractivity contribution in [3.8, 4) is 0 Å². The van der Waals surface area contributed by atoms with Crippen LogP contribution in [0.1, 0.15) is 54.4 Å². The first-order valence-corrected chi connectivity index (χ1v) is 7.27. The number of rotatable bonds is 3. The molecule has 3 heteroatoms. The van der Waals surface area contributed by atoms with Crippen LogP contribution in [-0.2, 0) is 0 Å². The Hall–Kier alpha value is -0.730. The van der Waals surface area contributed by atoms with E-state index in [0.717, 1.165) is 38.6 Å². The summed E-state index contributed by atoms with van der Waals surface area (Å²) in [7, 11) is 0. The molecule has 1 heterocycles. The monoisotopic (exact) mass is 253 g/mol. The van der Waals surface area contributed by atoms with Crippen LogP contribution in [0.5, 0.6) is 0 Å². The van der Waals surface area contributed by atoms with Crippen LogP contribution in [0.15, 0.2) is 4.99 Å². The van der Waals surface area contributed by atoms with Crippen molar-refractivity contribution >= 4 is 5.96 Å². The van der Waals surface area contributed by atoms with Crippen molar-refractivity contribution in [1.82, 2.24) is 10.2 Å². The summed E-state index contributed by atoms with van der Waals surface area (Å²) in [5.41, 5.74) is 0.797. The molecule has 3 nitrogen and oxygen atoms in total. The predicted octanol–water partition coefficient (Wildman–Crippen LogP) is 3.12. The Morgan fingerprint density at radius 2 is 2.00 bits per heavy atom. The Morgan fingerprint density at radius 3 is 2.44 bits per heavy atom. The van der Waals surface area contributed by atoms with E-state index in [4.69, 9.17) is 4.99 Å². The van der Waals surface area contributed by atoms with Gasteiger partial charge < -0.3 is 10.2 Å². The smallest absolute Gasteiger partial charge is 0.193 e. The number of likely N-dealkylation sites (tertiary alicyclic amines) is 1. The second-order valence-electron chi connectivity index (χ2n) is 7.38. The van der Waals surface area contributed by atoms with Crippen LogP contribution in [0, 0.1) is 10.8 Å². The number of guanidine groups is 1. The van der Waals surface area contributed by atoms with Crippen LogP contribution in [0.25, 0.3) is 0 Å². The molecule has 0 aromatic carbocycles. The lowest BCUT2D eigenvalue weighted by Gasteiger charge is -2.24. The topological polar surface area (TPSA) is 27.6 Å². The van der Waals surface area contributed by atoms with Gasteiger partial charge >= 0.3 is 0 Å². The van der Waals surface area contributed by atoms with Gasteiger partial charge in [-0.05, 0) is 30.6 Å². The molecule has 1 aliphatic rings. The number of nitrogens with one attached hydrogen (secondary N) is 1. The van der Waals surface area contributed by atoms with Gasteiger partial charge in [0.1, 0.15) is 0 Å². The molecule has 0 bridgehead atoms. The number of aliphatic imine (C=N–C) groups is 1. The van der Waals surface area contributed by atoms with Gasteiger partial charge in [0.05, 0.1) is 0 Å². The molecule has 0 unspecified atom stereocenters. The first-order valence-electron chi connectivity index (χ1n) is 7.27. The quantitative estimate of drug-likeness (QED) is 0.618. The third-order valence-corrected chi connectivity index (χ3v) is 3.44. The molecule has 0 aromatic rings. The highest BCUT2D eigenvalue weighted by Crippen LogP contribution is 2.28. The molecular weight excluding hydrogens is 222 g/mol. The molecule has 0 saturated carbocycles. The van der Waals surface area contributed by atoms with E-state index in [0.29, 0.717) is 10.8 Å². The highest BCUT2D eigenvalue weighted by atomic mass is 15.3. The third-order valence-electron chi connectivity index (χ3n) is 3.44. The Labute approximate surface area is 113 Å². The minimum absolute atomic E-state index is 0.366. The van der Waals surface area contributed by atoms with Crippen molar-refractivity contribution in [2.75, 3.05) is 26.2 Å². The molecule has 106 valence electrons. The molecule has 1 saturated heterocycles. The molecule has 0 radical (unpaired) electrons. The fraction of sp³-hybridized carbons (Fsp3) is 0.933. The fourth-order valence-corrected chi connectivity index (χ4v) is 2.22. The van der Waals surface area contributed by atoms with Gasteiger partial charge in [0, 0.05) is 26.2 Å². The molecule has 0 aliphatic carbocycles. The van der Waals surface area contributed by atoms with E-state index in [2.05, 4.69) is 51.8 Å². The van der Waals surface area contributed by atoms with Gasteiger partial charge in [-0.15, -0.1) is 0 Å². The van der Waals surface area contributed by atoms with Crippen molar-refractivity contribution in [3.63, 3.8) is 0 Å². The average Bonchev–Trinajstić information content (AvgIpc) is 2.56. The summed E-state index contributed by atoms with van der Waals surface area (Å²) in [6.45, 7) is 17.8. The summed E-state index contributed by atoms with van der Waals surface area (Å²) in [4.78, 5) is 7.19. The molecule has 1 fully saturated rings. The first kappa shape index (κ1) is 15.3. The minimum Gasteiger partial charge on any atom is -0.357 e. The highest BCUT2D eigenvalue weighted by Gasteiger charge is 2.30. The van der Waals surface area contributed by atoms with E-state index in [9.17, 15) is 0 Å². The summed E-state index contributed by atoms with van der Waals surface area (Å²) < 4.78 is 0. The highest BCUT2D eigenvalue weighted by molar-refractivity contribution is 5.80. The maximum Gasteiger partial charge on any atom is 0.193 e. The largest absolute Gasteiger partial charge is 0.357 e. The van der Waals surface area contributed by atoms with E-state index in [-0.39, 0.29) is 0 Å². The van der Waals surface area contributed by atoms with E-state index < -0.39 is 0 Å². The average molecular weight is 253 g/mol. The molecule has 0 atom stereocenters. The zero-order chi connectivity index (χ0) is 13.8. The van der Waals surface area contributed by atoms with Crippen LogP contribution in [-0.4, -0.2) is 37.0 Å². The van der Waals surface area contributed by atoms with Gasteiger partial charge in [0.2, 0.25) is 0 Å². The van der Waals surface area contributed by atoms with Crippen LogP contribution in [0.3, 0.4) is 0 Å². The van der Waals surface area contributed by atoms with Crippen molar-refractivity contribution < 1.29 is 0 Å². The minimum atomic E-state index is 0.366. The lowest BCUT2D eigenvalue weighted by molar-refractivity contribution is 0.365. The standard InChI is InChI=1S/C15H31N3/c1-7-16-13(17-10-8-14(2,3)4)18-11-9-15(5,6)12-18/h7-12H2,1-6H3,(H,16,17). The summed E-state index contributed by atoms with van der Waals surface area (Å²) in [6, 6.07) is 0. The SMILES string of the molecule is CCNC(=NCCC(C)(C)C)N1CCC(C)(C)C1. The Bertz CT molecular complexity index is 287. The van der Waals surface area contributed by atoms with E-state index in [1.807, 2.05) is 0 Å². The van der Waals surface area contributed by atoms with Crippen LogP contribution in [0.4, 0.5) is 0 Å². The number of hydrogen-bond acceptors (Lipinski definition) is 1. The van der Waals surface area contributed by atoms with E-state index in [1.165, 1.54) is 6.42 Å². The Kier molecular flexibility index (Phi) is 5.06. The molecular formula is C15H31N3. The third kappa shape index (κ3) is 5.28. The van der Waals surface area contributed by atoms with Crippen molar-refractivity contribution in [1.29, 1.82) is 0 Å². The lowest BCUT2D eigenvalue weighted by Crippen LogP contribution is -2.40. The Balaban J connectivity index is 2.57. The van der Waals surface area contributed by atoms with Crippen molar-refractivity contribution in [3.05, 3.63) is 0 Å². The van der Waals surface area contributed by atoms with E-state index in [1.54, 1.807) is 0 Å². The molecule has 0 aromatic heterocycles. The molecule has 0 spiro atoms. The summed E-state index contributed by atoms with van der Waals surface area (Å²) >= 11 is 0. The van der Waals surface area contributed by atoms with Gasteiger partial charge in [-0.2, -0.15) is 0 Å². The van der Waals surface area contributed by atoms with E-state index >= 15 is 0 Å². The molecule has 0 amide bonds. The summed E-state index contributed by atoms with van der Waals surface area (Å²) in [6.07, 6.45) is 2.40. The number of hydrogen-bond donors (Lipinski definition) is 1. The van der Waals surface area contributed by atoms with Crippen LogP contribution < -0.4 is 5.32 Å². The number of nitrogens with zero attached hydrogens (tertiary/aromatic N) is 2. The van der Waals surface area contributed by atoms with Gasteiger partial charge in [-0.1, -0.05) is 34.6 Å². The predicted molar refractivity (Wildman–Crippen MR) is 80.0 cm³/mol. The molecule has 18 heavy (non-hydrogen) atoms. The zero-order valence-electron chi connectivity index (χ0n) is 13.1. The molecule has 1 aliphatic heterocycles. The maximum absolute atomic E-state index is 4.78. The maximum atomic E-state index is 4.78. The first-order chi connectivity index (χ1) is 8.23. The van der Waals surface area contributed by atoms with Crippen molar-refractivity contribution in [2.45, 2.75) is 54.4 Å². The van der Waals surface area contributed by atoms with Gasteiger partial charge in [0.15, 0.2) is 5.96 Å². The zero-order valence-corrected chi connectivity index (χ0v) is 13.1. The molecule has 1 N–H and O–H groups in total. The summed E-state index contributed by atoms with van der Waals surface area (Å²) in [5, 5.41) is 3.42. The fourth-order valence-electron chi connectivity index (χ4n) is 2.22. The second-order valence-corrected chi connectivity index (χ2v) is 7.38. The Morgan fingerprint density at radius 1 is 1.33 bits per heavy atom. The van der Waals surface area contributed by atoms with Gasteiger partial charge in [-0.25, -0.2) is 0 Å². The summed E-state index contributed by atoms with van der Waals surface area (Å²) in [5.74, 6) is 1.10. The van der Waals surface area contributed by atoms with Crippen LogP contribution >= 0.6 is 0 Å². The van der Waals surface area contributed by atoms with Gasteiger partial charge in [-0.3, -0.25) is 4.99 Å². The normalized spacial score (nSPS) is 20.3. The second kappa shape index (κ2) is 5.94. The lowest BCUT2D eigenvalue weighted by atomic mass is 9.92. The van der Waals surface area contributed by atoms with Crippen molar-refractivity contribution in [2.24, 2.45) is 15.8 Å². The molecule has 1 rings (SSSR count). The van der Waals surface area contributed by atoms with Crippen LogP contribution in [0.2, 0.25) is 0 Å².